The molecule has 1 aromatic heterocycles. The average Bonchev–Trinajstić information content (AvgIpc) is 3.18. The van der Waals surface area contributed by atoms with E-state index in [0.29, 0.717) is 18.0 Å². The summed E-state index contributed by atoms with van der Waals surface area (Å²) in [6, 6.07) is 7.04. The zero-order valence-electron chi connectivity index (χ0n) is 15.8. The fraction of sp³-hybridized carbons (Fsp3) is 0.400. The van der Waals surface area contributed by atoms with Gasteiger partial charge in [-0.25, -0.2) is 4.98 Å². The first-order valence-electron chi connectivity index (χ1n) is 9.45. The van der Waals surface area contributed by atoms with E-state index in [0.717, 1.165) is 30.3 Å². The Hall–Kier alpha value is -3.16. The SMILES string of the molecule is CCOc1ccc(NC(=O)Cn2cncc(C(=O)NC3CCCC3)c2=O)cc1. The standard InChI is InChI=1S/C20H24N4O4/c1-2-28-16-9-7-15(8-10-16)22-18(25)12-24-13-21-11-17(20(24)27)19(26)23-14-5-3-4-6-14/h7-11,13-14H,2-6,12H2,1H3,(H,22,25)(H,23,26). The summed E-state index contributed by atoms with van der Waals surface area (Å²) in [6.07, 6.45) is 6.50. The van der Waals surface area contributed by atoms with Crippen LogP contribution >= 0.6 is 0 Å². The molecule has 2 amide bonds. The number of ether oxygens (including phenoxy) is 1. The monoisotopic (exact) mass is 384 g/mol. The van der Waals surface area contributed by atoms with Gasteiger partial charge in [-0.15, -0.1) is 0 Å². The molecule has 1 aliphatic rings. The third-order valence-corrected chi connectivity index (χ3v) is 4.60. The molecule has 8 nitrogen and oxygen atoms in total. The molecule has 0 aliphatic heterocycles. The number of hydrogen-bond donors (Lipinski definition) is 2. The van der Waals surface area contributed by atoms with Crippen LogP contribution in [0.25, 0.3) is 0 Å². The summed E-state index contributed by atoms with van der Waals surface area (Å²) in [6.45, 7) is 2.22. The number of carbonyl (C=O) groups excluding carboxylic acids is 2. The molecular formula is C20H24N4O4. The molecule has 2 aromatic rings. The van der Waals surface area contributed by atoms with Crippen LogP contribution in [0.15, 0.2) is 41.6 Å². The van der Waals surface area contributed by atoms with E-state index in [1.165, 1.54) is 12.5 Å². The Kier molecular flexibility index (Phi) is 6.41. The number of hydrogen-bond acceptors (Lipinski definition) is 5. The minimum absolute atomic E-state index is 0.0525. The molecule has 1 heterocycles. The minimum Gasteiger partial charge on any atom is -0.494 e. The van der Waals surface area contributed by atoms with E-state index >= 15 is 0 Å². The lowest BCUT2D eigenvalue weighted by atomic mass is 10.2. The van der Waals surface area contributed by atoms with Crippen LogP contribution in [0.5, 0.6) is 5.75 Å². The Morgan fingerprint density at radius 1 is 1.21 bits per heavy atom. The molecule has 0 unspecified atom stereocenters. The van der Waals surface area contributed by atoms with Gasteiger partial charge in [0.15, 0.2) is 0 Å². The van der Waals surface area contributed by atoms with E-state index in [4.69, 9.17) is 4.74 Å². The van der Waals surface area contributed by atoms with Gasteiger partial charge in [-0.05, 0) is 44.0 Å². The molecule has 28 heavy (non-hydrogen) atoms. The second-order valence-electron chi connectivity index (χ2n) is 6.70. The van der Waals surface area contributed by atoms with Crippen LogP contribution in [-0.4, -0.2) is 34.0 Å². The summed E-state index contributed by atoms with van der Waals surface area (Å²) in [4.78, 5) is 41.1. The number of amides is 2. The molecule has 1 aromatic carbocycles. The number of benzene rings is 1. The summed E-state index contributed by atoms with van der Waals surface area (Å²) in [5.41, 5.74) is 0.000185. The van der Waals surface area contributed by atoms with Crippen molar-refractivity contribution in [3.63, 3.8) is 0 Å². The molecular weight excluding hydrogens is 360 g/mol. The lowest BCUT2D eigenvalue weighted by Gasteiger charge is -2.12. The van der Waals surface area contributed by atoms with E-state index in [-0.39, 0.29) is 24.1 Å². The highest BCUT2D eigenvalue weighted by Crippen LogP contribution is 2.18. The first-order valence-corrected chi connectivity index (χ1v) is 9.45. The van der Waals surface area contributed by atoms with Crippen molar-refractivity contribution in [2.75, 3.05) is 11.9 Å². The van der Waals surface area contributed by atoms with Gasteiger partial charge in [0.25, 0.3) is 11.5 Å². The van der Waals surface area contributed by atoms with Gasteiger partial charge in [0, 0.05) is 17.9 Å². The van der Waals surface area contributed by atoms with Gasteiger partial charge in [-0.3, -0.25) is 19.0 Å². The molecule has 0 bridgehead atoms. The molecule has 1 saturated carbocycles. The quantitative estimate of drug-likeness (QED) is 0.760. The summed E-state index contributed by atoms with van der Waals surface area (Å²) in [5, 5.41) is 5.58. The highest BCUT2D eigenvalue weighted by atomic mass is 16.5. The second-order valence-corrected chi connectivity index (χ2v) is 6.70. The predicted octanol–water partition coefficient (Wildman–Crippen LogP) is 1.95. The van der Waals surface area contributed by atoms with Crippen LogP contribution in [0.2, 0.25) is 0 Å². The number of nitrogens with zero attached hydrogens (tertiary/aromatic N) is 2. The van der Waals surface area contributed by atoms with Crippen molar-refractivity contribution in [1.29, 1.82) is 0 Å². The van der Waals surface area contributed by atoms with Crippen LogP contribution in [0.3, 0.4) is 0 Å². The molecule has 2 N–H and O–H groups in total. The Labute approximate surface area is 162 Å². The normalized spacial score (nSPS) is 13.9. The van der Waals surface area contributed by atoms with Crippen LogP contribution < -0.4 is 20.9 Å². The predicted molar refractivity (Wildman–Crippen MR) is 104 cm³/mol. The van der Waals surface area contributed by atoms with Crippen molar-refractivity contribution in [1.82, 2.24) is 14.9 Å². The fourth-order valence-corrected chi connectivity index (χ4v) is 3.21. The molecule has 1 aliphatic carbocycles. The van der Waals surface area contributed by atoms with Crippen molar-refractivity contribution < 1.29 is 14.3 Å². The third kappa shape index (κ3) is 4.97. The van der Waals surface area contributed by atoms with Gasteiger partial charge in [0.1, 0.15) is 17.9 Å². The van der Waals surface area contributed by atoms with Crippen LogP contribution in [0.4, 0.5) is 5.69 Å². The Balaban J connectivity index is 1.64. The molecule has 3 rings (SSSR count). The maximum atomic E-state index is 12.6. The lowest BCUT2D eigenvalue weighted by Crippen LogP contribution is -2.38. The van der Waals surface area contributed by atoms with Crippen LogP contribution in [-0.2, 0) is 11.3 Å². The first kappa shape index (κ1) is 19.6. The van der Waals surface area contributed by atoms with E-state index in [9.17, 15) is 14.4 Å². The maximum Gasteiger partial charge on any atom is 0.266 e. The van der Waals surface area contributed by atoms with Gasteiger partial charge in [0.05, 0.1) is 12.9 Å². The van der Waals surface area contributed by atoms with Gasteiger partial charge in [0.2, 0.25) is 5.91 Å². The molecule has 0 atom stereocenters. The summed E-state index contributed by atoms with van der Waals surface area (Å²) < 4.78 is 6.49. The van der Waals surface area contributed by atoms with Crippen molar-refractivity contribution in [3.8, 4) is 5.75 Å². The molecule has 1 fully saturated rings. The average molecular weight is 384 g/mol. The van der Waals surface area contributed by atoms with Crippen molar-refractivity contribution in [3.05, 3.63) is 52.7 Å². The fourth-order valence-electron chi connectivity index (χ4n) is 3.21. The summed E-state index contributed by atoms with van der Waals surface area (Å²) >= 11 is 0. The number of anilines is 1. The number of carbonyl (C=O) groups is 2. The maximum absolute atomic E-state index is 12.6. The number of rotatable bonds is 7. The Bertz CT molecular complexity index is 886. The molecule has 148 valence electrons. The van der Waals surface area contributed by atoms with Gasteiger partial charge < -0.3 is 15.4 Å². The number of nitrogens with one attached hydrogen (secondary N) is 2. The van der Waals surface area contributed by atoms with Crippen molar-refractivity contribution in [2.24, 2.45) is 0 Å². The van der Waals surface area contributed by atoms with Crippen molar-refractivity contribution in [2.45, 2.75) is 45.2 Å². The highest BCUT2D eigenvalue weighted by molar-refractivity contribution is 5.94. The smallest absolute Gasteiger partial charge is 0.266 e. The molecule has 8 heteroatoms. The zero-order chi connectivity index (χ0) is 19.9. The van der Waals surface area contributed by atoms with Crippen LogP contribution in [0, 0.1) is 0 Å². The molecule has 0 spiro atoms. The molecule has 0 saturated heterocycles. The first-order chi connectivity index (χ1) is 13.6. The van der Waals surface area contributed by atoms with Gasteiger partial charge >= 0.3 is 0 Å². The van der Waals surface area contributed by atoms with E-state index in [1.54, 1.807) is 24.3 Å². The molecule has 0 radical (unpaired) electrons. The van der Waals surface area contributed by atoms with E-state index in [2.05, 4.69) is 15.6 Å². The van der Waals surface area contributed by atoms with E-state index < -0.39 is 11.5 Å². The Morgan fingerprint density at radius 2 is 1.93 bits per heavy atom. The highest BCUT2D eigenvalue weighted by Gasteiger charge is 2.20. The van der Waals surface area contributed by atoms with Gasteiger partial charge in [-0.1, -0.05) is 12.8 Å². The van der Waals surface area contributed by atoms with Crippen LogP contribution in [0.1, 0.15) is 43.0 Å². The van der Waals surface area contributed by atoms with Gasteiger partial charge in [-0.2, -0.15) is 0 Å². The minimum atomic E-state index is -0.535. The summed E-state index contributed by atoms with van der Waals surface area (Å²) in [7, 11) is 0. The third-order valence-electron chi connectivity index (χ3n) is 4.60. The lowest BCUT2D eigenvalue weighted by molar-refractivity contribution is -0.116. The largest absolute Gasteiger partial charge is 0.494 e. The Morgan fingerprint density at radius 3 is 2.61 bits per heavy atom. The topological polar surface area (TPSA) is 102 Å². The summed E-state index contributed by atoms with van der Waals surface area (Å²) in [5.74, 6) is -0.117. The number of aromatic nitrogens is 2. The van der Waals surface area contributed by atoms with Crippen molar-refractivity contribution >= 4 is 17.5 Å². The van der Waals surface area contributed by atoms with E-state index in [1.807, 2.05) is 6.92 Å². The zero-order valence-corrected chi connectivity index (χ0v) is 15.8. The second kappa shape index (κ2) is 9.16.